The number of H-pyrrole nitrogens is 1. The molecule has 94 valence electrons. The van der Waals surface area contributed by atoms with E-state index in [1.807, 2.05) is 6.07 Å². The van der Waals surface area contributed by atoms with Crippen molar-refractivity contribution in [1.82, 2.24) is 10.2 Å². The zero-order valence-corrected chi connectivity index (χ0v) is 10.3. The SMILES string of the molecule is CCOC(=O)[C@@H](C)c1n[nH]c(=O)c2ccccc12. The summed E-state index contributed by atoms with van der Waals surface area (Å²) in [6.45, 7) is 3.79. The first-order valence-corrected chi connectivity index (χ1v) is 5.79. The summed E-state index contributed by atoms with van der Waals surface area (Å²) in [4.78, 5) is 23.3. The molecule has 2 rings (SSSR count). The van der Waals surface area contributed by atoms with Gasteiger partial charge in [-0.15, -0.1) is 0 Å². The van der Waals surface area contributed by atoms with E-state index >= 15 is 0 Å². The van der Waals surface area contributed by atoms with Crippen molar-refractivity contribution in [2.75, 3.05) is 6.61 Å². The van der Waals surface area contributed by atoms with Gasteiger partial charge in [0.1, 0.15) is 0 Å². The van der Waals surface area contributed by atoms with Gasteiger partial charge in [-0.3, -0.25) is 9.59 Å². The van der Waals surface area contributed by atoms with Gasteiger partial charge in [-0.25, -0.2) is 5.10 Å². The summed E-state index contributed by atoms with van der Waals surface area (Å²) in [6.07, 6.45) is 0. The molecule has 0 aliphatic rings. The van der Waals surface area contributed by atoms with E-state index in [-0.39, 0.29) is 11.5 Å². The molecule has 1 aromatic carbocycles. The third kappa shape index (κ3) is 2.11. The van der Waals surface area contributed by atoms with E-state index < -0.39 is 5.92 Å². The van der Waals surface area contributed by atoms with E-state index in [0.717, 1.165) is 0 Å². The molecule has 0 bridgehead atoms. The van der Waals surface area contributed by atoms with Crippen LogP contribution in [0.4, 0.5) is 0 Å². The summed E-state index contributed by atoms with van der Waals surface area (Å²) in [5, 5.41) is 7.59. The Morgan fingerprint density at radius 3 is 2.72 bits per heavy atom. The van der Waals surface area contributed by atoms with Gasteiger partial charge in [0.05, 0.1) is 23.6 Å². The van der Waals surface area contributed by atoms with Gasteiger partial charge in [-0.1, -0.05) is 18.2 Å². The van der Waals surface area contributed by atoms with Crippen molar-refractivity contribution in [3.63, 3.8) is 0 Å². The van der Waals surface area contributed by atoms with Crippen LogP contribution in [0, 0.1) is 0 Å². The molecule has 0 saturated carbocycles. The van der Waals surface area contributed by atoms with E-state index in [1.165, 1.54) is 0 Å². The molecular weight excluding hydrogens is 232 g/mol. The fourth-order valence-electron chi connectivity index (χ4n) is 1.84. The molecule has 5 heteroatoms. The third-order valence-electron chi connectivity index (χ3n) is 2.78. The van der Waals surface area contributed by atoms with Crippen LogP contribution in [0.3, 0.4) is 0 Å². The normalized spacial score (nSPS) is 12.3. The van der Waals surface area contributed by atoms with Gasteiger partial charge in [0.2, 0.25) is 0 Å². The number of esters is 1. The highest BCUT2D eigenvalue weighted by Gasteiger charge is 2.21. The molecule has 18 heavy (non-hydrogen) atoms. The Bertz CT molecular complexity index is 633. The Morgan fingerprint density at radius 2 is 2.06 bits per heavy atom. The molecule has 2 aromatic rings. The monoisotopic (exact) mass is 246 g/mol. The molecule has 1 aromatic heterocycles. The Kier molecular flexibility index (Phi) is 3.41. The molecule has 0 unspecified atom stereocenters. The molecule has 5 nitrogen and oxygen atoms in total. The predicted molar refractivity (Wildman–Crippen MR) is 67.4 cm³/mol. The van der Waals surface area contributed by atoms with Crippen molar-refractivity contribution in [3.8, 4) is 0 Å². The average Bonchev–Trinajstić information content (AvgIpc) is 2.39. The highest BCUT2D eigenvalue weighted by atomic mass is 16.5. The van der Waals surface area contributed by atoms with E-state index in [9.17, 15) is 9.59 Å². The lowest BCUT2D eigenvalue weighted by atomic mass is 10.0. The summed E-state index contributed by atoms with van der Waals surface area (Å²) < 4.78 is 4.97. The Hall–Kier alpha value is -2.17. The first kappa shape index (κ1) is 12.3. The molecule has 1 heterocycles. The highest BCUT2D eigenvalue weighted by molar-refractivity contribution is 5.88. The molecule has 0 saturated heterocycles. The van der Waals surface area contributed by atoms with Crippen molar-refractivity contribution >= 4 is 16.7 Å². The van der Waals surface area contributed by atoms with Crippen LogP contribution >= 0.6 is 0 Å². The number of carbonyl (C=O) groups excluding carboxylic acids is 1. The number of carbonyl (C=O) groups is 1. The fourth-order valence-corrected chi connectivity index (χ4v) is 1.84. The molecule has 0 spiro atoms. The first-order chi connectivity index (χ1) is 8.65. The fraction of sp³-hybridized carbons (Fsp3) is 0.308. The third-order valence-corrected chi connectivity index (χ3v) is 2.78. The molecular formula is C13H14N2O3. The minimum Gasteiger partial charge on any atom is -0.465 e. The minimum atomic E-state index is -0.508. The summed E-state index contributed by atoms with van der Waals surface area (Å²) in [5.74, 6) is -0.853. The van der Waals surface area contributed by atoms with Crippen LogP contribution < -0.4 is 5.56 Å². The number of rotatable bonds is 3. The second-order valence-corrected chi connectivity index (χ2v) is 3.96. The molecule has 1 atom stereocenters. The Balaban J connectivity index is 2.55. The Morgan fingerprint density at radius 1 is 1.39 bits per heavy atom. The van der Waals surface area contributed by atoms with E-state index in [2.05, 4.69) is 10.2 Å². The molecule has 0 aliphatic carbocycles. The zero-order chi connectivity index (χ0) is 13.1. The first-order valence-electron chi connectivity index (χ1n) is 5.79. The van der Waals surface area contributed by atoms with Crippen molar-refractivity contribution in [1.29, 1.82) is 0 Å². The quantitative estimate of drug-likeness (QED) is 0.835. The van der Waals surface area contributed by atoms with Crippen LogP contribution in [0.15, 0.2) is 29.1 Å². The van der Waals surface area contributed by atoms with Crippen LogP contribution in [-0.4, -0.2) is 22.8 Å². The van der Waals surface area contributed by atoms with Gasteiger partial charge in [0, 0.05) is 5.39 Å². The van der Waals surface area contributed by atoms with Gasteiger partial charge in [0.15, 0.2) is 0 Å². The van der Waals surface area contributed by atoms with E-state index in [1.54, 1.807) is 32.0 Å². The summed E-state index contributed by atoms with van der Waals surface area (Å²) in [7, 11) is 0. The van der Waals surface area contributed by atoms with Gasteiger partial charge in [0.25, 0.3) is 5.56 Å². The van der Waals surface area contributed by atoms with Crippen LogP contribution in [0.1, 0.15) is 25.5 Å². The molecule has 0 aliphatic heterocycles. The van der Waals surface area contributed by atoms with E-state index in [0.29, 0.717) is 23.1 Å². The highest BCUT2D eigenvalue weighted by Crippen LogP contribution is 2.21. The number of ether oxygens (including phenoxy) is 1. The zero-order valence-electron chi connectivity index (χ0n) is 10.3. The number of nitrogens with zero attached hydrogens (tertiary/aromatic N) is 1. The minimum absolute atomic E-state index is 0.259. The van der Waals surface area contributed by atoms with Gasteiger partial charge < -0.3 is 4.74 Å². The van der Waals surface area contributed by atoms with Gasteiger partial charge in [-0.2, -0.15) is 5.10 Å². The Labute approximate surface area is 104 Å². The van der Waals surface area contributed by atoms with E-state index in [4.69, 9.17) is 4.74 Å². The number of hydrogen-bond acceptors (Lipinski definition) is 4. The molecule has 0 amide bonds. The number of aromatic amines is 1. The summed E-state index contributed by atoms with van der Waals surface area (Å²) in [6, 6.07) is 7.07. The van der Waals surface area contributed by atoms with Crippen molar-refractivity contribution in [2.45, 2.75) is 19.8 Å². The van der Waals surface area contributed by atoms with Crippen LogP contribution in [0.25, 0.3) is 10.8 Å². The maximum absolute atomic E-state index is 11.7. The van der Waals surface area contributed by atoms with Gasteiger partial charge >= 0.3 is 5.97 Å². The maximum atomic E-state index is 11.7. The predicted octanol–water partition coefficient (Wildman–Crippen LogP) is 1.59. The van der Waals surface area contributed by atoms with Crippen LogP contribution in [0.2, 0.25) is 0 Å². The second-order valence-electron chi connectivity index (χ2n) is 3.96. The maximum Gasteiger partial charge on any atom is 0.314 e. The summed E-state index contributed by atoms with van der Waals surface area (Å²) in [5.41, 5.74) is 0.272. The molecule has 0 radical (unpaired) electrons. The van der Waals surface area contributed by atoms with Crippen LogP contribution in [-0.2, 0) is 9.53 Å². The summed E-state index contributed by atoms with van der Waals surface area (Å²) >= 11 is 0. The lowest BCUT2D eigenvalue weighted by Gasteiger charge is -2.11. The number of nitrogens with one attached hydrogen (secondary N) is 1. The van der Waals surface area contributed by atoms with Crippen LogP contribution in [0.5, 0.6) is 0 Å². The average molecular weight is 246 g/mol. The smallest absolute Gasteiger partial charge is 0.314 e. The molecule has 1 N–H and O–H groups in total. The second kappa shape index (κ2) is 5.00. The largest absolute Gasteiger partial charge is 0.465 e. The number of benzene rings is 1. The molecule has 0 fully saturated rings. The van der Waals surface area contributed by atoms with Gasteiger partial charge in [-0.05, 0) is 19.9 Å². The topological polar surface area (TPSA) is 72.0 Å². The number of aromatic nitrogens is 2. The number of fused-ring (bicyclic) bond motifs is 1. The lowest BCUT2D eigenvalue weighted by Crippen LogP contribution is -2.18. The number of hydrogen-bond donors (Lipinski definition) is 1. The van der Waals surface area contributed by atoms with Crippen molar-refractivity contribution < 1.29 is 9.53 Å². The standard InChI is InChI=1S/C13H14N2O3/c1-3-18-13(17)8(2)11-9-6-4-5-7-10(9)12(16)15-14-11/h4-8H,3H2,1-2H3,(H,15,16)/t8-/m0/s1. The van der Waals surface area contributed by atoms with Crippen molar-refractivity contribution in [3.05, 3.63) is 40.3 Å². The van der Waals surface area contributed by atoms with Crippen molar-refractivity contribution in [2.24, 2.45) is 0 Å². The lowest BCUT2D eigenvalue weighted by molar-refractivity contribution is -0.144.